The van der Waals surface area contributed by atoms with Gasteiger partial charge in [-0.1, -0.05) is 0 Å². The van der Waals surface area contributed by atoms with Gasteiger partial charge in [0.15, 0.2) is 0 Å². The van der Waals surface area contributed by atoms with Gasteiger partial charge >= 0.3 is 0 Å². The number of aromatic nitrogens is 1. The summed E-state index contributed by atoms with van der Waals surface area (Å²) in [5.41, 5.74) is 1.43. The van der Waals surface area contributed by atoms with Gasteiger partial charge in [0, 0.05) is 11.8 Å². The van der Waals surface area contributed by atoms with E-state index in [1.165, 1.54) is 0 Å². The Balaban J connectivity index is 0.00000144. The second-order valence-electron chi connectivity index (χ2n) is 4.01. The highest BCUT2D eigenvalue weighted by molar-refractivity contribution is 5.85. The zero-order chi connectivity index (χ0) is 11.4. The van der Waals surface area contributed by atoms with Gasteiger partial charge in [0.2, 0.25) is 5.88 Å². The van der Waals surface area contributed by atoms with Gasteiger partial charge < -0.3 is 10.1 Å². The molecular formula is C12H16ClN3O. The van der Waals surface area contributed by atoms with Crippen LogP contribution >= 0.6 is 12.4 Å². The Morgan fingerprint density at radius 2 is 2.12 bits per heavy atom. The number of hydrogen-bond acceptors (Lipinski definition) is 4. The van der Waals surface area contributed by atoms with E-state index in [1.807, 2.05) is 6.92 Å². The molecule has 4 nitrogen and oxygen atoms in total. The van der Waals surface area contributed by atoms with Crippen molar-refractivity contribution < 1.29 is 4.74 Å². The molecule has 2 heterocycles. The lowest BCUT2D eigenvalue weighted by atomic mass is 10.1. The Hall–Kier alpha value is -1.31. The van der Waals surface area contributed by atoms with Gasteiger partial charge in [-0.05, 0) is 38.9 Å². The molecule has 0 amide bonds. The van der Waals surface area contributed by atoms with Crippen molar-refractivity contribution in [2.75, 3.05) is 13.1 Å². The lowest BCUT2D eigenvalue weighted by Gasteiger charge is -2.23. The third-order valence-corrected chi connectivity index (χ3v) is 2.63. The molecule has 0 radical (unpaired) electrons. The second-order valence-corrected chi connectivity index (χ2v) is 4.01. The molecule has 1 saturated heterocycles. The van der Waals surface area contributed by atoms with Crippen molar-refractivity contribution in [3.8, 4) is 11.9 Å². The van der Waals surface area contributed by atoms with E-state index < -0.39 is 0 Å². The van der Waals surface area contributed by atoms with Crippen molar-refractivity contribution in [1.82, 2.24) is 10.3 Å². The average Bonchev–Trinajstić information content (AvgIpc) is 2.29. The minimum Gasteiger partial charge on any atom is -0.474 e. The van der Waals surface area contributed by atoms with Gasteiger partial charge in [0.05, 0.1) is 11.6 Å². The fourth-order valence-corrected chi connectivity index (χ4v) is 1.85. The van der Waals surface area contributed by atoms with Crippen LogP contribution in [0.3, 0.4) is 0 Å². The van der Waals surface area contributed by atoms with Crippen LogP contribution in [-0.2, 0) is 0 Å². The molecule has 0 aromatic carbocycles. The zero-order valence-electron chi connectivity index (χ0n) is 9.77. The maximum absolute atomic E-state index is 8.85. The summed E-state index contributed by atoms with van der Waals surface area (Å²) in [6.07, 6.45) is 2.22. The highest BCUT2D eigenvalue weighted by atomic mass is 35.5. The van der Waals surface area contributed by atoms with Crippen LogP contribution in [0.25, 0.3) is 0 Å². The molecule has 5 heteroatoms. The molecular weight excluding hydrogens is 238 g/mol. The van der Waals surface area contributed by atoms with Crippen LogP contribution in [0.1, 0.15) is 24.1 Å². The minimum absolute atomic E-state index is 0. The Morgan fingerprint density at radius 3 is 2.76 bits per heavy atom. The maximum atomic E-state index is 8.85. The van der Waals surface area contributed by atoms with E-state index in [0.29, 0.717) is 11.4 Å². The molecule has 0 spiro atoms. The molecule has 0 bridgehead atoms. The van der Waals surface area contributed by atoms with E-state index >= 15 is 0 Å². The number of nitrogens with one attached hydrogen (secondary N) is 1. The minimum atomic E-state index is 0. The largest absolute Gasteiger partial charge is 0.474 e. The van der Waals surface area contributed by atoms with Crippen molar-refractivity contribution in [1.29, 1.82) is 5.26 Å². The molecule has 17 heavy (non-hydrogen) atoms. The van der Waals surface area contributed by atoms with Crippen LogP contribution < -0.4 is 10.1 Å². The fourth-order valence-electron chi connectivity index (χ4n) is 1.85. The molecule has 1 aromatic rings. The zero-order valence-corrected chi connectivity index (χ0v) is 10.6. The molecule has 1 aliphatic heterocycles. The highest BCUT2D eigenvalue weighted by Gasteiger charge is 2.15. The van der Waals surface area contributed by atoms with Crippen molar-refractivity contribution in [3.63, 3.8) is 0 Å². The topological polar surface area (TPSA) is 57.9 Å². The summed E-state index contributed by atoms with van der Waals surface area (Å²) in [7, 11) is 0. The first kappa shape index (κ1) is 13.8. The van der Waals surface area contributed by atoms with Gasteiger partial charge in [0.25, 0.3) is 0 Å². The Labute approximate surface area is 107 Å². The number of piperidine rings is 1. The molecule has 1 aromatic heterocycles. The average molecular weight is 254 g/mol. The number of nitrogens with zero attached hydrogens (tertiary/aromatic N) is 2. The second kappa shape index (κ2) is 6.43. The van der Waals surface area contributed by atoms with Crippen LogP contribution in [0, 0.1) is 18.3 Å². The SMILES string of the molecule is Cc1cc(C#N)cc(OC2CCNCC2)n1.Cl. The number of rotatable bonds is 2. The number of halogens is 1. The van der Waals surface area contributed by atoms with E-state index in [-0.39, 0.29) is 18.5 Å². The lowest BCUT2D eigenvalue weighted by molar-refractivity contribution is 0.155. The standard InChI is InChI=1S/C12H15N3O.ClH/c1-9-6-10(8-13)7-12(15-9)16-11-2-4-14-5-3-11;/h6-7,11,14H,2-5H2,1H3;1H. The quantitative estimate of drug-likeness (QED) is 0.874. The summed E-state index contributed by atoms with van der Waals surface area (Å²) < 4.78 is 5.78. The van der Waals surface area contributed by atoms with E-state index in [2.05, 4.69) is 16.4 Å². The monoisotopic (exact) mass is 253 g/mol. The van der Waals surface area contributed by atoms with Crippen molar-refractivity contribution >= 4 is 12.4 Å². The number of aryl methyl sites for hydroxylation is 1. The summed E-state index contributed by atoms with van der Waals surface area (Å²) in [4.78, 5) is 4.28. The molecule has 0 unspecified atom stereocenters. The summed E-state index contributed by atoms with van der Waals surface area (Å²) in [6.45, 7) is 3.85. The lowest BCUT2D eigenvalue weighted by Crippen LogP contribution is -2.34. The summed E-state index contributed by atoms with van der Waals surface area (Å²) in [6, 6.07) is 5.58. The first-order valence-corrected chi connectivity index (χ1v) is 5.54. The van der Waals surface area contributed by atoms with Crippen LogP contribution in [0.15, 0.2) is 12.1 Å². The molecule has 0 atom stereocenters. The van der Waals surface area contributed by atoms with Gasteiger partial charge in [-0.3, -0.25) is 0 Å². The number of nitriles is 1. The van der Waals surface area contributed by atoms with E-state index in [9.17, 15) is 0 Å². The number of hydrogen-bond donors (Lipinski definition) is 1. The summed E-state index contributed by atoms with van der Waals surface area (Å²) in [5, 5.41) is 12.1. The first-order valence-electron chi connectivity index (χ1n) is 5.54. The number of pyridine rings is 1. The Kier molecular flexibility index (Phi) is 5.20. The van der Waals surface area contributed by atoms with Crippen molar-refractivity contribution in [2.24, 2.45) is 0 Å². The molecule has 2 rings (SSSR count). The van der Waals surface area contributed by atoms with Crippen molar-refractivity contribution in [3.05, 3.63) is 23.4 Å². The van der Waals surface area contributed by atoms with E-state index in [0.717, 1.165) is 31.6 Å². The van der Waals surface area contributed by atoms with Gasteiger partial charge in [-0.15, -0.1) is 12.4 Å². The van der Waals surface area contributed by atoms with Crippen LogP contribution in [-0.4, -0.2) is 24.2 Å². The predicted octanol–water partition coefficient (Wildman–Crippen LogP) is 1.81. The van der Waals surface area contributed by atoms with Gasteiger partial charge in [-0.25, -0.2) is 4.98 Å². The normalized spacial score (nSPS) is 15.8. The molecule has 92 valence electrons. The third kappa shape index (κ3) is 3.88. The van der Waals surface area contributed by atoms with E-state index in [1.54, 1.807) is 12.1 Å². The van der Waals surface area contributed by atoms with Crippen LogP contribution in [0.2, 0.25) is 0 Å². The fraction of sp³-hybridized carbons (Fsp3) is 0.500. The van der Waals surface area contributed by atoms with Gasteiger partial charge in [0.1, 0.15) is 6.10 Å². The van der Waals surface area contributed by atoms with E-state index in [4.69, 9.17) is 10.00 Å². The van der Waals surface area contributed by atoms with Crippen LogP contribution in [0.4, 0.5) is 0 Å². The van der Waals surface area contributed by atoms with Crippen LogP contribution in [0.5, 0.6) is 5.88 Å². The molecule has 1 fully saturated rings. The van der Waals surface area contributed by atoms with Crippen molar-refractivity contribution in [2.45, 2.75) is 25.9 Å². The maximum Gasteiger partial charge on any atom is 0.215 e. The Bertz CT molecular complexity index is 411. The molecule has 0 saturated carbocycles. The molecule has 1 aliphatic rings. The summed E-state index contributed by atoms with van der Waals surface area (Å²) in [5.74, 6) is 0.573. The smallest absolute Gasteiger partial charge is 0.215 e. The highest BCUT2D eigenvalue weighted by Crippen LogP contribution is 2.16. The van der Waals surface area contributed by atoms with Gasteiger partial charge in [-0.2, -0.15) is 5.26 Å². The predicted molar refractivity (Wildman–Crippen MR) is 67.5 cm³/mol. The Morgan fingerprint density at radius 1 is 1.41 bits per heavy atom. The molecule has 1 N–H and O–H groups in total. The number of ether oxygens (including phenoxy) is 1. The summed E-state index contributed by atoms with van der Waals surface area (Å²) >= 11 is 0. The molecule has 0 aliphatic carbocycles. The first-order chi connectivity index (χ1) is 7.78. The third-order valence-electron chi connectivity index (χ3n) is 2.63.